The van der Waals surface area contributed by atoms with Crippen LogP contribution >= 0.6 is 11.3 Å². The molecule has 0 aromatic carbocycles. The van der Waals surface area contributed by atoms with Crippen LogP contribution < -0.4 is 5.73 Å². The number of furan rings is 1. The first-order valence-corrected chi connectivity index (χ1v) is 6.71. The number of carbonyl (C=O) groups is 1. The summed E-state index contributed by atoms with van der Waals surface area (Å²) in [6.07, 6.45) is -3.28. The highest BCUT2D eigenvalue weighted by molar-refractivity contribution is 7.12. The third kappa shape index (κ3) is 2.48. The van der Waals surface area contributed by atoms with Gasteiger partial charge in [0, 0.05) is 11.4 Å². The maximum atomic E-state index is 12.9. The Hall–Kier alpha value is -2.62. The molecule has 0 aliphatic carbocycles. The zero-order valence-corrected chi connectivity index (χ0v) is 11.5. The van der Waals surface area contributed by atoms with Crippen LogP contribution in [-0.4, -0.2) is 20.7 Å². The van der Waals surface area contributed by atoms with E-state index in [-0.39, 0.29) is 22.3 Å². The fourth-order valence-electron chi connectivity index (χ4n) is 1.74. The van der Waals surface area contributed by atoms with Gasteiger partial charge >= 0.3 is 6.18 Å². The van der Waals surface area contributed by atoms with Crippen molar-refractivity contribution in [1.29, 1.82) is 0 Å². The van der Waals surface area contributed by atoms with Crippen LogP contribution in [-0.2, 0) is 6.18 Å². The van der Waals surface area contributed by atoms with Crippen LogP contribution in [0.3, 0.4) is 0 Å². The van der Waals surface area contributed by atoms with Crippen LogP contribution in [0, 0.1) is 0 Å². The van der Waals surface area contributed by atoms with Gasteiger partial charge in [-0.25, -0.2) is 9.67 Å². The quantitative estimate of drug-likeness (QED) is 0.801. The molecule has 114 valence electrons. The number of nitrogens with zero attached hydrogens (tertiary/aromatic N) is 3. The molecule has 0 atom stereocenters. The SMILES string of the molecule is NC(=O)c1csc(-n2nc(C(F)(F)F)cc2-c2ccco2)n1. The van der Waals surface area contributed by atoms with Crippen molar-refractivity contribution in [3.63, 3.8) is 0 Å². The molecule has 0 aliphatic heterocycles. The van der Waals surface area contributed by atoms with E-state index in [1.807, 2.05) is 0 Å². The number of nitrogens with two attached hydrogens (primary N) is 1. The molecule has 0 spiro atoms. The van der Waals surface area contributed by atoms with Crippen LogP contribution in [0.15, 0.2) is 34.3 Å². The minimum atomic E-state index is -4.61. The van der Waals surface area contributed by atoms with Crippen molar-refractivity contribution in [2.45, 2.75) is 6.18 Å². The number of rotatable bonds is 3. The Bertz CT molecular complexity index is 820. The number of hydrogen-bond acceptors (Lipinski definition) is 5. The summed E-state index contributed by atoms with van der Waals surface area (Å²) < 4.78 is 44.7. The summed E-state index contributed by atoms with van der Waals surface area (Å²) in [4.78, 5) is 14.9. The van der Waals surface area contributed by atoms with E-state index in [2.05, 4.69) is 10.1 Å². The molecule has 0 radical (unpaired) electrons. The van der Waals surface area contributed by atoms with E-state index in [0.29, 0.717) is 0 Å². The van der Waals surface area contributed by atoms with Crippen LogP contribution in [0.1, 0.15) is 16.2 Å². The topological polar surface area (TPSA) is 86.9 Å². The fraction of sp³-hybridized carbons (Fsp3) is 0.0833. The minimum absolute atomic E-state index is 0.0468. The molecule has 3 aromatic heterocycles. The van der Waals surface area contributed by atoms with E-state index in [1.54, 1.807) is 0 Å². The summed E-state index contributed by atoms with van der Waals surface area (Å²) in [7, 11) is 0. The smallest absolute Gasteiger partial charge is 0.435 e. The zero-order chi connectivity index (χ0) is 15.9. The average molecular weight is 328 g/mol. The maximum Gasteiger partial charge on any atom is 0.435 e. The van der Waals surface area contributed by atoms with Gasteiger partial charge in [0.2, 0.25) is 5.13 Å². The molecule has 0 unspecified atom stereocenters. The highest BCUT2D eigenvalue weighted by Gasteiger charge is 2.36. The molecule has 0 fully saturated rings. The van der Waals surface area contributed by atoms with Crippen LogP contribution in [0.5, 0.6) is 0 Å². The second-order valence-corrected chi connectivity index (χ2v) is 5.02. The highest BCUT2D eigenvalue weighted by Crippen LogP contribution is 2.33. The Morgan fingerprint density at radius 2 is 2.18 bits per heavy atom. The molecule has 2 N–H and O–H groups in total. The first kappa shape index (κ1) is 14.3. The standard InChI is InChI=1S/C12H7F3N4O2S/c13-12(14,15)9-4-7(8-2-1-3-21-8)19(18-9)11-17-6(5-22-11)10(16)20/h1-5H,(H2,16,20). The van der Waals surface area contributed by atoms with E-state index in [1.165, 1.54) is 23.8 Å². The highest BCUT2D eigenvalue weighted by atomic mass is 32.1. The summed E-state index contributed by atoms with van der Waals surface area (Å²) in [5.41, 5.74) is 4.03. The number of alkyl halides is 3. The fourth-order valence-corrected chi connectivity index (χ4v) is 2.52. The number of carbonyl (C=O) groups excluding carboxylic acids is 1. The Morgan fingerprint density at radius 3 is 2.73 bits per heavy atom. The molecule has 1 amide bonds. The molecule has 10 heteroatoms. The van der Waals surface area contributed by atoms with Crippen LogP contribution in [0.25, 0.3) is 16.6 Å². The third-order valence-corrected chi connectivity index (χ3v) is 3.52. The van der Waals surface area contributed by atoms with Crippen LogP contribution in [0.2, 0.25) is 0 Å². The van der Waals surface area contributed by atoms with Crippen molar-refractivity contribution < 1.29 is 22.4 Å². The molecule has 3 aromatic rings. The maximum absolute atomic E-state index is 12.9. The predicted octanol–water partition coefficient (Wildman–Crippen LogP) is 2.71. The van der Waals surface area contributed by atoms with Gasteiger partial charge in [-0.1, -0.05) is 0 Å². The molecule has 22 heavy (non-hydrogen) atoms. The van der Waals surface area contributed by atoms with Crippen molar-refractivity contribution in [1.82, 2.24) is 14.8 Å². The molecule has 3 heterocycles. The number of thiazole rings is 1. The number of aromatic nitrogens is 3. The third-order valence-electron chi connectivity index (χ3n) is 2.70. The van der Waals surface area contributed by atoms with E-state index >= 15 is 0 Å². The van der Waals surface area contributed by atoms with Crippen molar-refractivity contribution >= 4 is 17.2 Å². The lowest BCUT2D eigenvalue weighted by atomic mass is 10.3. The first-order chi connectivity index (χ1) is 10.4. The Morgan fingerprint density at radius 1 is 1.41 bits per heavy atom. The molecule has 0 saturated carbocycles. The Kier molecular flexibility index (Phi) is 3.24. The second-order valence-electron chi connectivity index (χ2n) is 4.18. The van der Waals surface area contributed by atoms with Gasteiger partial charge in [-0.15, -0.1) is 11.3 Å². The zero-order valence-electron chi connectivity index (χ0n) is 10.7. The van der Waals surface area contributed by atoms with Gasteiger partial charge in [0.15, 0.2) is 11.5 Å². The van der Waals surface area contributed by atoms with E-state index in [4.69, 9.17) is 10.2 Å². The summed E-state index contributed by atoms with van der Waals surface area (Å²) >= 11 is 0.946. The summed E-state index contributed by atoms with van der Waals surface area (Å²) in [6, 6.07) is 3.89. The van der Waals surface area contributed by atoms with Gasteiger partial charge in [0.05, 0.1) is 6.26 Å². The number of hydrogen-bond donors (Lipinski definition) is 1. The van der Waals surface area contributed by atoms with Crippen LogP contribution in [0.4, 0.5) is 13.2 Å². The molecular formula is C12H7F3N4O2S. The molecule has 0 bridgehead atoms. The van der Waals surface area contributed by atoms with Gasteiger partial charge in [-0.3, -0.25) is 4.79 Å². The normalized spacial score (nSPS) is 11.8. The van der Waals surface area contributed by atoms with E-state index in [9.17, 15) is 18.0 Å². The molecule has 0 aliphatic rings. The van der Waals surface area contributed by atoms with E-state index in [0.717, 1.165) is 22.1 Å². The number of primary amides is 1. The largest absolute Gasteiger partial charge is 0.463 e. The first-order valence-electron chi connectivity index (χ1n) is 5.83. The second kappa shape index (κ2) is 4.98. The average Bonchev–Trinajstić information content (AvgIpc) is 3.17. The van der Waals surface area contributed by atoms with Crippen molar-refractivity contribution in [2.75, 3.05) is 0 Å². The molecular weight excluding hydrogens is 321 g/mol. The predicted molar refractivity (Wildman–Crippen MR) is 70.5 cm³/mol. The van der Waals surface area contributed by atoms with E-state index < -0.39 is 17.8 Å². The van der Waals surface area contributed by atoms with Crippen molar-refractivity contribution in [3.8, 4) is 16.6 Å². The Balaban J connectivity index is 2.16. The van der Waals surface area contributed by atoms with Gasteiger partial charge < -0.3 is 10.2 Å². The summed E-state index contributed by atoms with van der Waals surface area (Å²) in [5.74, 6) is -0.580. The van der Waals surface area contributed by atoms with Gasteiger partial charge in [-0.2, -0.15) is 18.3 Å². The van der Waals surface area contributed by atoms with Gasteiger partial charge in [0.25, 0.3) is 5.91 Å². The van der Waals surface area contributed by atoms with Crippen molar-refractivity contribution in [2.24, 2.45) is 5.73 Å². The lowest BCUT2D eigenvalue weighted by Gasteiger charge is -2.01. The van der Waals surface area contributed by atoms with Gasteiger partial charge in [0.1, 0.15) is 11.4 Å². The minimum Gasteiger partial charge on any atom is -0.463 e. The molecule has 0 saturated heterocycles. The number of halogens is 3. The number of amides is 1. The molecule has 3 rings (SSSR count). The van der Waals surface area contributed by atoms with Crippen molar-refractivity contribution in [3.05, 3.63) is 41.2 Å². The lowest BCUT2D eigenvalue weighted by Crippen LogP contribution is -2.12. The summed E-state index contributed by atoms with van der Waals surface area (Å²) in [6.45, 7) is 0. The Labute approximate surface area is 125 Å². The molecule has 6 nitrogen and oxygen atoms in total. The lowest BCUT2D eigenvalue weighted by molar-refractivity contribution is -0.141. The monoisotopic (exact) mass is 328 g/mol. The van der Waals surface area contributed by atoms with Gasteiger partial charge in [-0.05, 0) is 12.1 Å². The summed E-state index contributed by atoms with van der Waals surface area (Å²) in [5, 5.41) is 4.93.